The SMILES string of the molecule is CCOC(=O)CN(C(=O)N1CCN(c2cc(OC)cc(OC)c2)CC1O)c1cc(C)c(C)cc1OC. The van der Waals surface area contributed by atoms with Crippen molar-refractivity contribution in [1.29, 1.82) is 0 Å². The first-order valence-corrected chi connectivity index (χ1v) is 11.8. The minimum atomic E-state index is -1.12. The molecule has 3 rings (SSSR count). The lowest BCUT2D eigenvalue weighted by atomic mass is 10.1. The second-order valence-corrected chi connectivity index (χ2v) is 8.47. The van der Waals surface area contributed by atoms with Crippen LogP contribution in [-0.4, -0.2) is 82.4 Å². The van der Waals surface area contributed by atoms with Gasteiger partial charge in [-0.25, -0.2) is 4.79 Å². The van der Waals surface area contributed by atoms with E-state index in [-0.39, 0.29) is 26.2 Å². The summed E-state index contributed by atoms with van der Waals surface area (Å²) in [4.78, 5) is 30.8. The van der Waals surface area contributed by atoms with Gasteiger partial charge in [-0.2, -0.15) is 0 Å². The number of amides is 2. The summed E-state index contributed by atoms with van der Waals surface area (Å²) < 4.78 is 21.4. The van der Waals surface area contributed by atoms with Crippen LogP contribution in [-0.2, 0) is 9.53 Å². The molecule has 1 aliphatic heterocycles. The molecule has 1 fully saturated rings. The zero-order valence-corrected chi connectivity index (χ0v) is 21.7. The molecule has 1 unspecified atom stereocenters. The van der Waals surface area contributed by atoms with Crippen LogP contribution >= 0.6 is 0 Å². The van der Waals surface area contributed by atoms with Crippen LogP contribution < -0.4 is 24.0 Å². The zero-order chi connectivity index (χ0) is 26.4. The number of carbonyl (C=O) groups is 2. The van der Waals surface area contributed by atoms with Crippen LogP contribution in [0.3, 0.4) is 0 Å². The predicted octanol–water partition coefficient (Wildman–Crippen LogP) is 2.96. The lowest BCUT2D eigenvalue weighted by Crippen LogP contribution is -2.59. The Balaban J connectivity index is 1.88. The molecule has 1 N–H and O–H groups in total. The van der Waals surface area contributed by atoms with Gasteiger partial charge in [-0.1, -0.05) is 0 Å². The summed E-state index contributed by atoms with van der Waals surface area (Å²) in [5.41, 5.74) is 3.16. The summed E-state index contributed by atoms with van der Waals surface area (Å²) in [6.07, 6.45) is -1.12. The number of piperazine rings is 1. The van der Waals surface area contributed by atoms with E-state index >= 15 is 0 Å². The number of aliphatic hydroxyl groups is 1. The van der Waals surface area contributed by atoms with Crippen LogP contribution in [0.25, 0.3) is 0 Å². The van der Waals surface area contributed by atoms with Crippen LogP contribution in [0.15, 0.2) is 30.3 Å². The Labute approximate surface area is 211 Å². The monoisotopic (exact) mass is 501 g/mol. The Morgan fingerprint density at radius 3 is 2.17 bits per heavy atom. The maximum atomic E-state index is 13.7. The molecule has 10 nitrogen and oxygen atoms in total. The van der Waals surface area contributed by atoms with Crippen molar-refractivity contribution in [3.8, 4) is 17.2 Å². The minimum Gasteiger partial charge on any atom is -0.497 e. The number of hydrogen-bond acceptors (Lipinski definition) is 8. The first-order valence-electron chi connectivity index (χ1n) is 11.8. The summed E-state index contributed by atoms with van der Waals surface area (Å²) >= 11 is 0. The number of urea groups is 1. The van der Waals surface area contributed by atoms with Crippen molar-refractivity contribution in [2.45, 2.75) is 27.0 Å². The lowest BCUT2D eigenvalue weighted by molar-refractivity contribution is -0.141. The van der Waals surface area contributed by atoms with Gasteiger partial charge in [-0.15, -0.1) is 0 Å². The van der Waals surface area contributed by atoms with Crippen LogP contribution in [0.5, 0.6) is 17.2 Å². The van der Waals surface area contributed by atoms with E-state index in [0.717, 1.165) is 16.8 Å². The maximum absolute atomic E-state index is 13.7. The maximum Gasteiger partial charge on any atom is 0.327 e. The standard InChI is InChI=1S/C26H35N3O7/c1-7-36-25(31)16-29(22-10-17(2)18(3)11-23(22)35-6)26(32)28-9-8-27(15-24(28)30)19-12-20(33-4)14-21(13-19)34-5/h10-14,24,30H,7-9,15-16H2,1-6H3. The lowest BCUT2D eigenvalue weighted by Gasteiger charge is -2.41. The van der Waals surface area contributed by atoms with Gasteiger partial charge in [0.2, 0.25) is 0 Å². The summed E-state index contributed by atoms with van der Waals surface area (Å²) in [5.74, 6) is 1.15. The third-order valence-corrected chi connectivity index (χ3v) is 6.21. The molecular weight excluding hydrogens is 466 g/mol. The van der Waals surface area contributed by atoms with Crippen LogP contribution in [0, 0.1) is 13.8 Å². The Morgan fingerprint density at radius 1 is 0.972 bits per heavy atom. The topological polar surface area (TPSA) is 101 Å². The molecular formula is C26H35N3O7. The fourth-order valence-electron chi connectivity index (χ4n) is 4.09. The summed E-state index contributed by atoms with van der Waals surface area (Å²) in [6, 6.07) is 8.57. The molecule has 36 heavy (non-hydrogen) atoms. The fraction of sp³-hybridized carbons (Fsp3) is 0.462. The number of rotatable bonds is 8. The average Bonchev–Trinajstić information content (AvgIpc) is 2.88. The highest BCUT2D eigenvalue weighted by atomic mass is 16.5. The van der Waals surface area contributed by atoms with Crippen molar-refractivity contribution in [2.24, 2.45) is 0 Å². The highest BCUT2D eigenvalue weighted by molar-refractivity contribution is 5.98. The fourth-order valence-corrected chi connectivity index (χ4v) is 4.09. The molecule has 0 saturated carbocycles. The number of aryl methyl sites for hydroxylation is 2. The van der Waals surface area contributed by atoms with E-state index < -0.39 is 18.2 Å². The number of nitrogens with zero attached hydrogens (tertiary/aromatic N) is 3. The zero-order valence-electron chi connectivity index (χ0n) is 21.7. The van der Waals surface area contributed by atoms with Crippen molar-refractivity contribution < 1.29 is 33.6 Å². The van der Waals surface area contributed by atoms with Gasteiger partial charge >= 0.3 is 12.0 Å². The Kier molecular flexibility index (Phi) is 8.87. The molecule has 1 atom stereocenters. The predicted molar refractivity (Wildman–Crippen MR) is 136 cm³/mol. The number of hydrogen-bond donors (Lipinski definition) is 1. The molecule has 10 heteroatoms. The van der Waals surface area contributed by atoms with Gasteiger partial charge in [-0.05, 0) is 44.0 Å². The van der Waals surface area contributed by atoms with Crippen molar-refractivity contribution in [3.63, 3.8) is 0 Å². The highest BCUT2D eigenvalue weighted by Gasteiger charge is 2.35. The molecule has 0 bridgehead atoms. The van der Waals surface area contributed by atoms with Crippen molar-refractivity contribution >= 4 is 23.4 Å². The molecule has 0 radical (unpaired) electrons. The van der Waals surface area contributed by atoms with Gasteiger partial charge in [0.25, 0.3) is 0 Å². The highest BCUT2D eigenvalue weighted by Crippen LogP contribution is 2.34. The van der Waals surface area contributed by atoms with E-state index in [1.807, 2.05) is 36.9 Å². The Morgan fingerprint density at radius 2 is 1.61 bits per heavy atom. The van der Waals surface area contributed by atoms with E-state index in [2.05, 4.69) is 0 Å². The molecule has 0 aliphatic carbocycles. The number of β-amino-alcohol motifs (C(OH)–C–C–N with tert-alkyl or cyclic N) is 1. The van der Waals surface area contributed by atoms with Gasteiger partial charge in [-0.3, -0.25) is 14.6 Å². The normalized spacial score (nSPS) is 15.4. The third-order valence-electron chi connectivity index (χ3n) is 6.21. The number of anilines is 2. The molecule has 1 heterocycles. The van der Waals surface area contributed by atoms with Gasteiger partial charge in [0.1, 0.15) is 30.0 Å². The first-order chi connectivity index (χ1) is 17.2. The van der Waals surface area contributed by atoms with Crippen molar-refractivity contribution in [2.75, 3.05) is 63.9 Å². The number of carbonyl (C=O) groups excluding carboxylic acids is 2. The smallest absolute Gasteiger partial charge is 0.327 e. The van der Waals surface area contributed by atoms with E-state index in [9.17, 15) is 14.7 Å². The molecule has 196 valence electrons. The quantitative estimate of drug-likeness (QED) is 0.551. The van der Waals surface area contributed by atoms with Crippen molar-refractivity contribution in [3.05, 3.63) is 41.5 Å². The third kappa shape index (κ3) is 5.93. The molecule has 2 aromatic rings. The molecule has 0 aromatic heterocycles. The number of esters is 1. The number of methoxy groups -OCH3 is 3. The molecule has 0 spiro atoms. The van der Waals surface area contributed by atoms with Crippen LogP contribution in [0.1, 0.15) is 18.1 Å². The van der Waals surface area contributed by atoms with E-state index in [1.54, 1.807) is 33.3 Å². The van der Waals surface area contributed by atoms with Gasteiger partial charge in [0.15, 0.2) is 0 Å². The minimum absolute atomic E-state index is 0.166. The second-order valence-electron chi connectivity index (χ2n) is 8.47. The van der Waals surface area contributed by atoms with Crippen LogP contribution in [0.2, 0.25) is 0 Å². The van der Waals surface area contributed by atoms with Crippen LogP contribution in [0.4, 0.5) is 16.2 Å². The molecule has 1 saturated heterocycles. The Bertz CT molecular complexity index is 1070. The number of benzene rings is 2. The average molecular weight is 502 g/mol. The van der Waals surface area contributed by atoms with Gasteiger partial charge in [0.05, 0.1) is 40.2 Å². The first kappa shape index (κ1) is 26.9. The number of ether oxygens (including phenoxy) is 4. The summed E-state index contributed by atoms with van der Waals surface area (Å²) in [6.45, 7) is 6.29. The molecule has 1 aliphatic rings. The Hall–Kier alpha value is -3.66. The van der Waals surface area contributed by atoms with Gasteiger partial charge < -0.3 is 29.0 Å². The van der Waals surface area contributed by atoms with Crippen molar-refractivity contribution in [1.82, 2.24) is 4.90 Å². The van der Waals surface area contributed by atoms with E-state index in [1.165, 1.54) is 16.9 Å². The molecule has 2 aromatic carbocycles. The number of aliphatic hydroxyl groups excluding tert-OH is 1. The van der Waals surface area contributed by atoms with Gasteiger partial charge in [0, 0.05) is 37.0 Å². The summed E-state index contributed by atoms with van der Waals surface area (Å²) in [7, 11) is 4.66. The molecule has 2 amide bonds. The summed E-state index contributed by atoms with van der Waals surface area (Å²) in [5, 5.41) is 11.0. The van der Waals surface area contributed by atoms with E-state index in [4.69, 9.17) is 18.9 Å². The second kappa shape index (κ2) is 11.9. The van der Waals surface area contributed by atoms with E-state index in [0.29, 0.717) is 29.5 Å². The largest absolute Gasteiger partial charge is 0.497 e.